The van der Waals surface area contributed by atoms with E-state index in [4.69, 9.17) is 11.5 Å². The van der Waals surface area contributed by atoms with Gasteiger partial charge in [-0.1, -0.05) is 13.8 Å². The number of primary amides is 1. The van der Waals surface area contributed by atoms with Gasteiger partial charge in [0.05, 0.1) is 5.69 Å². The maximum atomic E-state index is 11.2. The second-order valence-corrected chi connectivity index (χ2v) is 5.25. The molecule has 0 atom stereocenters. The number of hydrogen-bond donors (Lipinski definition) is 2. The normalized spacial score (nSPS) is 14.8. The minimum atomic E-state index is -0.517. The number of nitrogens with zero attached hydrogens (tertiary/aromatic N) is 2. The summed E-state index contributed by atoms with van der Waals surface area (Å²) in [4.78, 5) is 17.7. The predicted octanol–water partition coefficient (Wildman–Crippen LogP) is 1.39. The van der Waals surface area contributed by atoms with E-state index in [1.165, 1.54) is 0 Å². The fourth-order valence-electron chi connectivity index (χ4n) is 2.01. The molecule has 18 heavy (non-hydrogen) atoms. The number of aromatic nitrogens is 1. The molecule has 1 amide bonds. The molecule has 1 saturated carbocycles. The Morgan fingerprint density at radius 1 is 1.50 bits per heavy atom. The topological polar surface area (TPSA) is 85.2 Å². The van der Waals surface area contributed by atoms with E-state index in [1.807, 2.05) is 0 Å². The first kappa shape index (κ1) is 12.7. The molecular weight excluding hydrogens is 228 g/mol. The van der Waals surface area contributed by atoms with Gasteiger partial charge in [0.15, 0.2) is 5.82 Å². The smallest absolute Gasteiger partial charge is 0.267 e. The Balaban J connectivity index is 2.33. The van der Waals surface area contributed by atoms with Gasteiger partial charge in [-0.05, 0) is 30.9 Å². The molecule has 1 aromatic heterocycles. The lowest BCUT2D eigenvalue weighted by Crippen LogP contribution is -2.32. The standard InChI is InChI=1S/C13H20N4O/c1-8(2)7-17(9-3-4-9)13-10(14)5-6-11(16-13)12(15)18/h5-6,8-9H,3-4,7,14H2,1-2H3,(H2,15,18). The zero-order valence-electron chi connectivity index (χ0n) is 10.9. The zero-order chi connectivity index (χ0) is 13.3. The van der Waals surface area contributed by atoms with Crippen molar-refractivity contribution in [2.75, 3.05) is 17.2 Å². The van der Waals surface area contributed by atoms with Gasteiger partial charge in [0.2, 0.25) is 0 Å². The first-order valence-corrected chi connectivity index (χ1v) is 6.32. The van der Waals surface area contributed by atoms with Gasteiger partial charge in [0.25, 0.3) is 5.91 Å². The van der Waals surface area contributed by atoms with Crippen LogP contribution in [0.4, 0.5) is 11.5 Å². The van der Waals surface area contributed by atoms with Crippen LogP contribution in [0.15, 0.2) is 12.1 Å². The first-order valence-electron chi connectivity index (χ1n) is 6.32. The molecule has 2 rings (SSSR count). The van der Waals surface area contributed by atoms with Crippen molar-refractivity contribution in [1.82, 2.24) is 4.98 Å². The van der Waals surface area contributed by atoms with Crippen LogP contribution in [0.3, 0.4) is 0 Å². The molecule has 0 unspecified atom stereocenters. The zero-order valence-corrected chi connectivity index (χ0v) is 10.9. The van der Waals surface area contributed by atoms with Gasteiger partial charge >= 0.3 is 0 Å². The Morgan fingerprint density at radius 2 is 2.17 bits per heavy atom. The summed E-state index contributed by atoms with van der Waals surface area (Å²) >= 11 is 0. The molecule has 0 radical (unpaired) electrons. The SMILES string of the molecule is CC(C)CN(c1nc(C(N)=O)ccc1N)C1CC1. The van der Waals surface area contributed by atoms with Crippen molar-refractivity contribution in [3.63, 3.8) is 0 Å². The summed E-state index contributed by atoms with van der Waals surface area (Å²) in [6, 6.07) is 3.78. The summed E-state index contributed by atoms with van der Waals surface area (Å²) in [6.07, 6.45) is 2.32. The summed E-state index contributed by atoms with van der Waals surface area (Å²) in [5, 5.41) is 0. The second kappa shape index (κ2) is 4.84. The quantitative estimate of drug-likeness (QED) is 0.824. The van der Waals surface area contributed by atoms with Crippen molar-refractivity contribution in [2.24, 2.45) is 11.7 Å². The van der Waals surface area contributed by atoms with Gasteiger partial charge in [0.1, 0.15) is 5.69 Å². The van der Waals surface area contributed by atoms with Crippen LogP contribution >= 0.6 is 0 Å². The Morgan fingerprint density at radius 3 is 2.67 bits per heavy atom. The van der Waals surface area contributed by atoms with Crippen molar-refractivity contribution >= 4 is 17.4 Å². The fourth-order valence-corrected chi connectivity index (χ4v) is 2.01. The van der Waals surface area contributed by atoms with Gasteiger partial charge in [-0.15, -0.1) is 0 Å². The number of nitrogen functional groups attached to an aromatic ring is 1. The Hall–Kier alpha value is -1.78. The van der Waals surface area contributed by atoms with Crippen LogP contribution < -0.4 is 16.4 Å². The molecular formula is C13H20N4O. The van der Waals surface area contributed by atoms with E-state index in [9.17, 15) is 4.79 Å². The second-order valence-electron chi connectivity index (χ2n) is 5.25. The van der Waals surface area contributed by atoms with Crippen LogP contribution in [-0.4, -0.2) is 23.5 Å². The molecule has 0 spiro atoms. The molecule has 0 bridgehead atoms. The van der Waals surface area contributed by atoms with Gasteiger partial charge < -0.3 is 16.4 Å². The fraction of sp³-hybridized carbons (Fsp3) is 0.538. The lowest BCUT2D eigenvalue weighted by atomic mass is 10.2. The lowest BCUT2D eigenvalue weighted by molar-refractivity contribution is 0.0995. The van der Waals surface area contributed by atoms with Crippen LogP contribution in [-0.2, 0) is 0 Å². The Bertz CT molecular complexity index is 454. The van der Waals surface area contributed by atoms with Gasteiger partial charge in [-0.3, -0.25) is 4.79 Å². The molecule has 1 aliphatic rings. The lowest BCUT2D eigenvalue weighted by Gasteiger charge is -2.26. The third-order valence-electron chi connectivity index (χ3n) is 2.98. The molecule has 0 aliphatic heterocycles. The number of anilines is 2. The highest BCUT2D eigenvalue weighted by atomic mass is 16.1. The van der Waals surface area contributed by atoms with Crippen LogP contribution in [0.1, 0.15) is 37.2 Å². The van der Waals surface area contributed by atoms with E-state index in [-0.39, 0.29) is 5.69 Å². The van der Waals surface area contributed by atoms with Crippen LogP contribution in [0.2, 0.25) is 0 Å². The molecule has 1 heterocycles. The van der Waals surface area contributed by atoms with E-state index >= 15 is 0 Å². The maximum absolute atomic E-state index is 11.2. The highest BCUT2D eigenvalue weighted by molar-refractivity contribution is 5.92. The number of carbonyl (C=O) groups excluding carboxylic acids is 1. The minimum Gasteiger partial charge on any atom is -0.396 e. The number of nitrogens with two attached hydrogens (primary N) is 2. The van der Waals surface area contributed by atoms with E-state index in [0.717, 1.165) is 19.4 Å². The van der Waals surface area contributed by atoms with Crippen LogP contribution in [0, 0.1) is 5.92 Å². The molecule has 5 heteroatoms. The van der Waals surface area contributed by atoms with Crippen molar-refractivity contribution in [2.45, 2.75) is 32.7 Å². The summed E-state index contributed by atoms with van der Waals surface area (Å²) in [5.74, 6) is 0.697. The summed E-state index contributed by atoms with van der Waals surface area (Å²) < 4.78 is 0. The van der Waals surface area contributed by atoms with Crippen LogP contribution in [0.5, 0.6) is 0 Å². The number of rotatable bonds is 5. The van der Waals surface area contributed by atoms with Gasteiger partial charge in [0, 0.05) is 12.6 Å². The molecule has 0 aromatic carbocycles. The average Bonchev–Trinajstić information content (AvgIpc) is 3.10. The van der Waals surface area contributed by atoms with E-state index < -0.39 is 5.91 Å². The largest absolute Gasteiger partial charge is 0.396 e. The van der Waals surface area contributed by atoms with Crippen molar-refractivity contribution in [1.29, 1.82) is 0 Å². The number of carbonyl (C=O) groups is 1. The number of pyridine rings is 1. The van der Waals surface area contributed by atoms with E-state index in [1.54, 1.807) is 12.1 Å². The van der Waals surface area contributed by atoms with Gasteiger partial charge in [-0.2, -0.15) is 0 Å². The molecule has 98 valence electrons. The molecule has 0 saturated heterocycles. The summed E-state index contributed by atoms with van der Waals surface area (Å²) in [6.45, 7) is 5.21. The third kappa shape index (κ3) is 2.72. The molecule has 1 fully saturated rings. The van der Waals surface area contributed by atoms with E-state index in [2.05, 4.69) is 23.7 Å². The molecule has 1 aromatic rings. The third-order valence-corrected chi connectivity index (χ3v) is 2.98. The van der Waals surface area contributed by atoms with Crippen LogP contribution in [0.25, 0.3) is 0 Å². The van der Waals surface area contributed by atoms with Crippen molar-refractivity contribution in [3.05, 3.63) is 17.8 Å². The molecule has 4 N–H and O–H groups in total. The minimum absolute atomic E-state index is 0.272. The van der Waals surface area contributed by atoms with E-state index in [0.29, 0.717) is 23.5 Å². The number of amides is 1. The average molecular weight is 248 g/mol. The highest BCUT2D eigenvalue weighted by Gasteiger charge is 2.31. The predicted molar refractivity (Wildman–Crippen MR) is 72.4 cm³/mol. The molecule has 1 aliphatic carbocycles. The summed E-state index contributed by atoms with van der Waals surface area (Å²) in [7, 11) is 0. The van der Waals surface area contributed by atoms with Gasteiger partial charge in [-0.25, -0.2) is 4.98 Å². The monoisotopic (exact) mass is 248 g/mol. The number of hydrogen-bond acceptors (Lipinski definition) is 4. The highest BCUT2D eigenvalue weighted by Crippen LogP contribution is 2.34. The summed E-state index contributed by atoms with van der Waals surface area (Å²) in [5.41, 5.74) is 12.1. The van der Waals surface area contributed by atoms with Crippen molar-refractivity contribution in [3.8, 4) is 0 Å². The Kier molecular flexibility index (Phi) is 3.41. The first-order chi connectivity index (χ1) is 8.49. The maximum Gasteiger partial charge on any atom is 0.267 e. The van der Waals surface area contributed by atoms with Crippen molar-refractivity contribution < 1.29 is 4.79 Å². The Labute approximate surface area is 107 Å². The molecule has 5 nitrogen and oxygen atoms in total.